The molecule has 1 fully saturated rings. The molecule has 4 heteroatoms. The fourth-order valence-electron chi connectivity index (χ4n) is 1.69. The number of nitrogens with zero attached hydrogens (tertiary/aromatic N) is 1. The highest BCUT2D eigenvalue weighted by atomic mass is 35.5. The maximum absolute atomic E-state index is 5.30. The van der Waals surface area contributed by atoms with Crippen molar-refractivity contribution in [3.8, 4) is 12.3 Å². The molecule has 1 N–H and O–H groups in total. The summed E-state index contributed by atoms with van der Waals surface area (Å²) in [6.45, 7) is 4.29. The summed E-state index contributed by atoms with van der Waals surface area (Å²) in [7, 11) is 0. The summed E-state index contributed by atoms with van der Waals surface area (Å²) in [5.74, 6) is 2.63. The average molecular weight is 259 g/mol. The van der Waals surface area contributed by atoms with Gasteiger partial charge in [-0.2, -0.15) is 0 Å². The Morgan fingerprint density at radius 1 is 1.06 bits per heavy atom. The fraction of sp³-hybridized carbons (Fsp3) is 0.333. The fourth-order valence-corrected chi connectivity index (χ4v) is 1.69. The van der Waals surface area contributed by atoms with E-state index in [-0.39, 0.29) is 24.8 Å². The van der Waals surface area contributed by atoms with Gasteiger partial charge in [0.15, 0.2) is 0 Å². The van der Waals surface area contributed by atoms with Crippen molar-refractivity contribution in [3.63, 3.8) is 0 Å². The molecule has 1 aliphatic rings. The second kappa shape index (κ2) is 7.40. The van der Waals surface area contributed by atoms with E-state index in [2.05, 4.69) is 28.3 Å². The number of terminal acetylenes is 1. The molecule has 0 radical (unpaired) electrons. The largest absolute Gasteiger partial charge is 0.369 e. The van der Waals surface area contributed by atoms with Gasteiger partial charge in [-0.25, -0.2) is 0 Å². The average Bonchev–Trinajstić information content (AvgIpc) is 2.30. The predicted molar refractivity (Wildman–Crippen MR) is 74.0 cm³/mol. The first-order valence-electron chi connectivity index (χ1n) is 4.92. The quantitative estimate of drug-likeness (QED) is 0.775. The summed E-state index contributed by atoms with van der Waals surface area (Å²) < 4.78 is 0. The number of rotatable bonds is 1. The van der Waals surface area contributed by atoms with E-state index < -0.39 is 0 Å². The van der Waals surface area contributed by atoms with Crippen LogP contribution in [0.5, 0.6) is 0 Å². The van der Waals surface area contributed by atoms with Crippen molar-refractivity contribution in [1.82, 2.24) is 5.32 Å². The lowest BCUT2D eigenvalue weighted by Crippen LogP contribution is -2.43. The van der Waals surface area contributed by atoms with Gasteiger partial charge in [0.05, 0.1) is 0 Å². The van der Waals surface area contributed by atoms with Gasteiger partial charge in [0.1, 0.15) is 0 Å². The van der Waals surface area contributed by atoms with Gasteiger partial charge in [0.2, 0.25) is 0 Å². The van der Waals surface area contributed by atoms with Crippen LogP contribution in [0.2, 0.25) is 0 Å². The smallest absolute Gasteiger partial charge is 0.0367 e. The number of hydrogen-bond donors (Lipinski definition) is 1. The van der Waals surface area contributed by atoms with E-state index in [1.54, 1.807) is 0 Å². The topological polar surface area (TPSA) is 15.3 Å². The van der Waals surface area contributed by atoms with Gasteiger partial charge in [-0.05, 0) is 24.3 Å². The predicted octanol–water partition coefficient (Wildman–Crippen LogP) is 1.92. The summed E-state index contributed by atoms with van der Waals surface area (Å²) in [5, 5.41) is 3.33. The van der Waals surface area contributed by atoms with E-state index in [0.717, 1.165) is 31.7 Å². The summed E-state index contributed by atoms with van der Waals surface area (Å²) >= 11 is 0. The van der Waals surface area contributed by atoms with Gasteiger partial charge in [-0.15, -0.1) is 31.2 Å². The molecule has 1 aromatic rings. The molecule has 0 bridgehead atoms. The first-order valence-corrected chi connectivity index (χ1v) is 4.92. The van der Waals surface area contributed by atoms with Crippen molar-refractivity contribution in [2.75, 3.05) is 31.1 Å². The molecule has 88 valence electrons. The van der Waals surface area contributed by atoms with E-state index in [4.69, 9.17) is 6.42 Å². The van der Waals surface area contributed by atoms with Crippen LogP contribution in [0.4, 0.5) is 5.69 Å². The Balaban J connectivity index is 0.00000112. The molecule has 16 heavy (non-hydrogen) atoms. The second-order valence-corrected chi connectivity index (χ2v) is 3.43. The van der Waals surface area contributed by atoms with Crippen molar-refractivity contribution < 1.29 is 0 Å². The van der Waals surface area contributed by atoms with Gasteiger partial charge in [0.25, 0.3) is 0 Å². The van der Waals surface area contributed by atoms with E-state index in [0.29, 0.717) is 0 Å². The van der Waals surface area contributed by atoms with Gasteiger partial charge in [0, 0.05) is 37.4 Å². The molecule has 1 saturated heterocycles. The Hall–Kier alpha value is -0.880. The van der Waals surface area contributed by atoms with Crippen LogP contribution in [0.15, 0.2) is 24.3 Å². The summed E-state index contributed by atoms with van der Waals surface area (Å²) in [6, 6.07) is 8.19. The molecule has 1 aliphatic heterocycles. The third-order valence-electron chi connectivity index (χ3n) is 2.52. The molecule has 1 heterocycles. The Morgan fingerprint density at radius 3 is 2.12 bits per heavy atom. The van der Waals surface area contributed by atoms with Crippen LogP contribution in [-0.4, -0.2) is 26.2 Å². The minimum absolute atomic E-state index is 0. The van der Waals surface area contributed by atoms with E-state index in [9.17, 15) is 0 Å². The first-order chi connectivity index (χ1) is 6.90. The van der Waals surface area contributed by atoms with Crippen molar-refractivity contribution in [1.29, 1.82) is 0 Å². The highest BCUT2D eigenvalue weighted by Crippen LogP contribution is 2.15. The number of nitrogens with one attached hydrogen (secondary N) is 1. The van der Waals surface area contributed by atoms with Crippen LogP contribution in [-0.2, 0) is 0 Å². The Labute approximate surface area is 109 Å². The van der Waals surface area contributed by atoms with Crippen LogP contribution >= 0.6 is 24.8 Å². The third-order valence-corrected chi connectivity index (χ3v) is 2.52. The minimum atomic E-state index is 0. The van der Waals surface area contributed by atoms with Gasteiger partial charge in [-0.3, -0.25) is 0 Å². The molecular formula is C12H16Cl2N2. The Bertz CT molecular complexity index is 337. The number of benzene rings is 1. The number of hydrogen-bond acceptors (Lipinski definition) is 2. The van der Waals surface area contributed by atoms with Gasteiger partial charge >= 0.3 is 0 Å². The number of anilines is 1. The van der Waals surface area contributed by atoms with Crippen LogP contribution < -0.4 is 10.2 Å². The van der Waals surface area contributed by atoms with Crippen LogP contribution in [0.1, 0.15) is 5.56 Å². The maximum Gasteiger partial charge on any atom is 0.0367 e. The zero-order valence-corrected chi connectivity index (χ0v) is 10.6. The molecule has 0 amide bonds. The SMILES string of the molecule is C#Cc1ccc(N2CCNCC2)cc1.Cl.Cl. The van der Waals surface area contributed by atoms with Crippen LogP contribution in [0.3, 0.4) is 0 Å². The van der Waals surface area contributed by atoms with Crippen LogP contribution in [0, 0.1) is 12.3 Å². The lowest BCUT2D eigenvalue weighted by Gasteiger charge is -2.29. The van der Waals surface area contributed by atoms with Crippen LogP contribution in [0.25, 0.3) is 0 Å². The van der Waals surface area contributed by atoms with E-state index in [1.807, 2.05) is 12.1 Å². The van der Waals surface area contributed by atoms with E-state index in [1.165, 1.54) is 5.69 Å². The lowest BCUT2D eigenvalue weighted by atomic mass is 10.2. The van der Waals surface area contributed by atoms with E-state index >= 15 is 0 Å². The molecular weight excluding hydrogens is 243 g/mol. The second-order valence-electron chi connectivity index (χ2n) is 3.43. The monoisotopic (exact) mass is 258 g/mol. The van der Waals surface area contributed by atoms with Gasteiger partial charge in [-0.1, -0.05) is 5.92 Å². The Morgan fingerprint density at radius 2 is 1.62 bits per heavy atom. The minimum Gasteiger partial charge on any atom is -0.369 e. The molecule has 0 aromatic heterocycles. The summed E-state index contributed by atoms with van der Waals surface area (Å²) in [5.41, 5.74) is 2.22. The zero-order chi connectivity index (χ0) is 9.80. The van der Waals surface area contributed by atoms with Crippen molar-refractivity contribution >= 4 is 30.5 Å². The highest BCUT2D eigenvalue weighted by Gasteiger charge is 2.09. The molecule has 0 unspecified atom stereocenters. The first kappa shape index (κ1) is 15.1. The van der Waals surface area contributed by atoms with Crippen molar-refractivity contribution in [2.45, 2.75) is 0 Å². The molecule has 0 atom stereocenters. The molecule has 1 aromatic carbocycles. The lowest BCUT2D eigenvalue weighted by molar-refractivity contribution is 0.589. The van der Waals surface area contributed by atoms with Crippen molar-refractivity contribution in [2.24, 2.45) is 0 Å². The summed E-state index contributed by atoms with van der Waals surface area (Å²) in [6.07, 6.45) is 5.30. The maximum atomic E-state index is 5.30. The number of piperazine rings is 1. The summed E-state index contributed by atoms with van der Waals surface area (Å²) in [4.78, 5) is 2.37. The highest BCUT2D eigenvalue weighted by molar-refractivity contribution is 5.85. The molecule has 2 nitrogen and oxygen atoms in total. The normalized spacial score (nSPS) is 14.3. The zero-order valence-electron chi connectivity index (χ0n) is 8.98. The molecule has 0 aliphatic carbocycles. The van der Waals surface area contributed by atoms with Crippen molar-refractivity contribution in [3.05, 3.63) is 29.8 Å². The number of halogens is 2. The molecule has 0 saturated carbocycles. The Kier molecular flexibility index (Phi) is 7.00. The third kappa shape index (κ3) is 3.61. The van der Waals surface area contributed by atoms with Gasteiger partial charge < -0.3 is 10.2 Å². The molecule has 2 rings (SSSR count). The molecule has 0 spiro atoms. The standard InChI is InChI=1S/C12H14N2.2ClH/c1-2-11-3-5-12(6-4-11)14-9-7-13-8-10-14;;/h1,3-6,13H,7-10H2;2*1H.